The highest BCUT2D eigenvalue weighted by molar-refractivity contribution is 7.92. The number of hydrogen-bond acceptors (Lipinski definition) is 6. The van der Waals surface area contributed by atoms with Gasteiger partial charge in [-0.2, -0.15) is 0 Å². The van der Waals surface area contributed by atoms with E-state index in [1.54, 1.807) is 60.9 Å². The van der Waals surface area contributed by atoms with Crippen LogP contribution in [-0.2, 0) is 16.6 Å². The first kappa shape index (κ1) is 22.3. The molecule has 2 aromatic heterocycles. The van der Waals surface area contributed by atoms with Crippen LogP contribution in [0.3, 0.4) is 0 Å². The number of pyridine rings is 1. The van der Waals surface area contributed by atoms with Crippen LogP contribution in [0.2, 0.25) is 0 Å². The standard InChI is InChI=1S/C23H22N4O5S/c28-11-12-32-22-4-2-1-3-20(22)27-33(30,31)18-7-5-16(6-8-18)14-25-23(29)21-13-17-15-24-10-9-19(17)26-21/h1-10,13,15,26-28H,11-12,14H2,(H,25,29). The molecule has 0 aliphatic rings. The number of amides is 1. The van der Waals surface area contributed by atoms with Crippen molar-refractivity contribution in [3.8, 4) is 5.75 Å². The highest BCUT2D eigenvalue weighted by atomic mass is 32.2. The molecule has 0 saturated carbocycles. The number of H-pyrrole nitrogens is 1. The van der Waals surface area contributed by atoms with Gasteiger partial charge in [-0.05, 0) is 42.0 Å². The van der Waals surface area contributed by atoms with E-state index < -0.39 is 10.0 Å². The van der Waals surface area contributed by atoms with Crippen molar-refractivity contribution in [2.75, 3.05) is 17.9 Å². The second kappa shape index (κ2) is 9.72. The molecule has 10 heteroatoms. The number of carbonyl (C=O) groups is 1. The van der Waals surface area contributed by atoms with Crippen molar-refractivity contribution in [1.82, 2.24) is 15.3 Å². The summed E-state index contributed by atoms with van der Waals surface area (Å²) in [7, 11) is -3.86. The lowest BCUT2D eigenvalue weighted by Crippen LogP contribution is -2.23. The Balaban J connectivity index is 1.40. The Labute approximate surface area is 190 Å². The van der Waals surface area contributed by atoms with Gasteiger partial charge in [-0.15, -0.1) is 0 Å². The summed E-state index contributed by atoms with van der Waals surface area (Å²) in [6.07, 6.45) is 3.32. The van der Waals surface area contributed by atoms with Crippen LogP contribution in [0, 0.1) is 0 Å². The first-order valence-electron chi connectivity index (χ1n) is 10.1. The summed E-state index contributed by atoms with van der Waals surface area (Å²) in [5, 5.41) is 12.6. The zero-order chi connectivity index (χ0) is 23.3. The molecule has 4 aromatic rings. The molecule has 4 rings (SSSR count). The normalized spacial score (nSPS) is 11.3. The fourth-order valence-electron chi connectivity index (χ4n) is 3.19. The fraction of sp³-hybridized carbons (Fsp3) is 0.130. The lowest BCUT2D eigenvalue weighted by Gasteiger charge is -2.13. The average Bonchev–Trinajstić information content (AvgIpc) is 3.26. The Hall–Kier alpha value is -3.89. The van der Waals surface area contributed by atoms with Crippen LogP contribution in [0.15, 0.2) is 78.0 Å². The molecule has 170 valence electrons. The minimum absolute atomic E-state index is 0.0502. The van der Waals surface area contributed by atoms with Crippen molar-refractivity contribution in [3.05, 3.63) is 84.3 Å². The van der Waals surface area contributed by atoms with E-state index in [4.69, 9.17) is 9.84 Å². The summed E-state index contributed by atoms with van der Waals surface area (Å²) in [4.78, 5) is 19.6. The van der Waals surface area contributed by atoms with Gasteiger partial charge in [0.1, 0.15) is 18.1 Å². The second-order valence-corrected chi connectivity index (χ2v) is 8.83. The molecule has 0 atom stereocenters. The molecule has 0 saturated heterocycles. The smallest absolute Gasteiger partial charge is 0.267 e. The Morgan fingerprint density at radius 3 is 2.64 bits per heavy atom. The van der Waals surface area contributed by atoms with Gasteiger partial charge in [-0.3, -0.25) is 14.5 Å². The molecular formula is C23H22N4O5S. The molecule has 2 heterocycles. The van der Waals surface area contributed by atoms with Crippen LogP contribution in [-0.4, -0.2) is 42.6 Å². The van der Waals surface area contributed by atoms with Crippen molar-refractivity contribution in [1.29, 1.82) is 0 Å². The second-order valence-electron chi connectivity index (χ2n) is 7.15. The summed E-state index contributed by atoms with van der Waals surface area (Å²) in [6, 6.07) is 16.3. The van der Waals surface area contributed by atoms with Crippen LogP contribution < -0.4 is 14.8 Å². The molecule has 0 aliphatic heterocycles. The highest BCUT2D eigenvalue weighted by Gasteiger charge is 2.17. The average molecular weight is 467 g/mol. The number of benzene rings is 2. The maximum Gasteiger partial charge on any atom is 0.267 e. The third-order valence-corrected chi connectivity index (χ3v) is 6.21. The predicted octanol–water partition coefficient (Wildman–Crippen LogP) is 2.66. The van der Waals surface area contributed by atoms with Crippen molar-refractivity contribution < 1.29 is 23.1 Å². The minimum atomic E-state index is -3.86. The third kappa shape index (κ3) is 5.30. The number of aliphatic hydroxyl groups is 1. The molecule has 0 aliphatic carbocycles. The maximum atomic E-state index is 12.8. The number of aliphatic hydroxyl groups excluding tert-OH is 1. The molecule has 33 heavy (non-hydrogen) atoms. The summed E-state index contributed by atoms with van der Waals surface area (Å²) in [6.45, 7) is 0.100. The van der Waals surface area contributed by atoms with Crippen LogP contribution in [0.25, 0.3) is 10.9 Å². The summed E-state index contributed by atoms with van der Waals surface area (Å²) in [5.74, 6) is 0.0475. The van der Waals surface area contributed by atoms with Gasteiger partial charge in [-0.25, -0.2) is 8.42 Å². The number of nitrogens with zero attached hydrogens (tertiary/aromatic N) is 1. The van der Waals surface area contributed by atoms with E-state index in [1.165, 1.54) is 12.1 Å². The maximum absolute atomic E-state index is 12.8. The first-order valence-corrected chi connectivity index (χ1v) is 11.6. The Bertz CT molecular complexity index is 1330. The monoisotopic (exact) mass is 466 g/mol. The first-order chi connectivity index (χ1) is 16.0. The number of ether oxygens (including phenoxy) is 1. The number of para-hydroxylation sites is 2. The number of sulfonamides is 1. The predicted molar refractivity (Wildman–Crippen MR) is 124 cm³/mol. The lowest BCUT2D eigenvalue weighted by molar-refractivity contribution is 0.0946. The van der Waals surface area contributed by atoms with Gasteiger partial charge < -0.3 is 20.1 Å². The largest absolute Gasteiger partial charge is 0.489 e. The number of aromatic amines is 1. The van der Waals surface area contributed by atoms with E-state index in [0.717, 1.165) is 16.5 Å². The van der Waals surface area contributed by atoms with E-state index in [-0.39, 0.29) is 36.2 Å². The van der Waals surface area contributed by atoms with Crippen molar-refractivity contribution in [2.45, 2.75) is 11.4 Å². The van der Waals surface area contributed by atoms with Gasteiger partial charge in [-0.1, -0.05) is 24.3 Å². The third-order valence-electron chi connectivity index (χ3n) is 4.83. The number of carbonyl (C=O) groups excluding carboxylic acids is 1. The van der Waals surface area contributed by atoms with E-state index in [2.05, 4.69) is 20.0 Å². The molecule has 0 spiro atoms. The summed E-state index contributed by atoms with van der Waals surface area (Å²) >= 11 is 0. The molecule has 0 radical (unpaired) electrons. The summed E-state index contributed by atoms with van der Waals surface area (Å²) in [5.41, 5.74) is 2.26. The van der Waals surface area contributed by atoms with Gasteiger partial charge in [0.25, 0.3) is 15.9 Å². The number of aromatic nitrogens is 2. The van der Waals surface area contributed by atoms with Crippen LogP contribution in [0.4, 0.5) is 5.69 Å². The van der Waals surface area contributed by atoms with Crippen LogP contribution >= 0.6 is 0 Å². The summed E-state index contributed by atoms with van der Waals surface area (Å²) < 4.78 is 33.4. The Morgan fingerprint density at radius 2 is 1.88 bits per heavy atom. The highest BCUT2D eigenvalue weighted by Crippen LogP contribution is 2.26. The van der Waals surface area contributed by atoms with E-state index >= 15 is 0 Å². The Morgan fingerprint density at radius 1 is 1.09 bits per heavy atom. The zero-order valence-electron chi connectivity index (χ0n) is 17.5. The number of rotatable bonds is 9. The fourth-order valence-corrected chi connectivity index (χ4v) is 4.27. The lowest BCUT2D eigenvalue weighted by atomic mass is 10.2. The molecule has 1 amide bonds. The molecular weight excluding hydrogens is 444 g/mol. The number of nitrogens with one attached hydrogen (secondary N) is 3. The van der Waals surface area contributed by atoms with Crippen LogP contribution in [0.5, 0.6) is 5.75 Å². The topological polar surface area (TPSA) is 133 Å². The SMILES string of the molecule is O=C(NCc1ccc(S(=O)(=O)Nc2ccccc2OCCO)cc1)c1cc2cnccc2[nH]1. The Kier molecular flexibility index (Phi) is 6.57. The van der Waals surface area contributed by atoms with Gasteiger partial charge in [0, 0.05) is 29.8 Å². The number of hydrogen-bond donors (Lipinski definition) is 4. The van der Waals surface area contributed by atoms with E-state index in [0.29, 0.717) is 11.4 Å². The van der Waals surface area contributed by atoms with E-state index in [1.807, 2.05) is 0 Å². The van der Waals surface area contributed by atoms with E-state index in [9.17, 15) is 13.2 Å². The zero-order valence-corrected chi connectivity index (χ0v) is 18.3. The molecule has 9 nitrogen and oxygen atoms in total. The van der Waals surface area contributed by atoms with Crippen LogP contribution in [0.1, 0.15) is 16.1 Å². The number of anilines is 1. The van der Waals surface area contributed by atoms with Gasteiger partial charge in [0.05, 0.1) is 17.2 Å². The van der Waals surface area contributed by atoms with Gasteiger partial charge in [0.2, 0.25) is 0 Å². The number of fused-ring (bicyclic) bond motifs is 1. The molecule has 2 aromatic carbocycles. The van der Waals surface area contributed by atoms with Crippen molar-refractivity contribution in [2.24, 2.45) is 0 Å². The van der Waals surface area contributed by atoms with Crippen molar-refractivity contribution in [3.63, 3.8) is 0 Å². The molecule has 4 N–H and O–H groups in total. The molecule has 0 unspecified atom stereocenters. The van der Waals surface area contributed by atoms with Crippen molar-refractivity contribution >= 4 is 32.5 Å². The quantitative estimate of drug-likeness (QED) is 0.300. The molecule has 0 fully saturated rings. The molecule has 0 bridgehead atoms. The van der Waals surface area contributed by atoms with Gasteiger partial charge >= 0.3 is 0 Å². The minimum Gasteiger partial charge on any atom is -0.489 e. The van der Waals surface area contributed by atoms with Gasteiger partial charge in [0.15, 0.2) is 0 Å².